The first-order chi connectivity index (χ1) is 8.81. The summed E-state index contributed by atoms with van der Waals surface area (Å²) in [6, 6.07) is 0. The minimum atomic E-state index is -0.995. The fourth-order valence-electron chi connectivity index (χ4n) is 0. The van der Waals surface area contributed by atoms with E-state index in [0.717, 1.165) is 0 Å². The maximum absolute atomic E-state index is 9.26. The molecule has 0 unspecified atom stereocenters. The minimum Gasteiger partial charge on any atom is -0.550 e. The first-order valence-electron chi connectivity index (χ1n) is 4.98. The molecular formula is C11H19O8Rh. The fourth-order valence-corrected chi connectivity index (χ4v) is 0. The fraction of sp³-hybridized carbons (Fsp3) is 0.545. The van der Waals surface area contributed by atoms with Crippen molar-refractivity contribution in [2.75, 3.05) is 0 Å². The van der Waals surface area contributed by atoms with Crippen LogP contribution < -0.4 is 15.3 Å². The summed E-state index contributed by atoms with van der Waals surface area (Å²) < 4.78 is 0. The largest absolute Gasteiger partial charge is 3.00 e. The maximum atomic E-state index is 9.26. The van der Waals surface area contributed by atoms with E-state index in [0.29, 0.717) is 0 Å². The van der Waals surface area contributed by atoms with Crippen molar-refractivity contribution >= 4 is 31.5 Å². The second kappa shape index (κ2) is 43.3. The van der Waals surface area contributed by atoms with Gasteiger partial charge in [-0.1, -0.05) is 20.8 Å². The van der Waals surface area contributed by atoms with Crippen molar-refractivity contribution in [2.24, 2.45) is 0 Å². The van der Waals surface area contributed by atoms with Gasteiger partial charge in [0.15, 0.2) is 0 Å². The summed E-state index contributed by atoms with van der Waals surface area (Å²) in [5.41, 5.74) is 0. The summed E-state index contributed by atoms with van der Waals surface area (Å²) in [4.78, 5) is 43.8. The van der Waals surface area contributed by atoms with Gasteiger partial charge in [-0.3, -0.25) is 0 Å². The van der Waals surface area contributed by atoms with Crippen LogP contribution in [-0.2, 0) is 43.5 Å². The Labute approximate surface area is 130 Å². The first kappa shape index (κ1) is 36.2. The topological polar surface area (TPSA) is 155 Å². The molecule has 0 heterocycles. The summed E-state index contributed by atoms with van der Waals surface area (Å²) in [6.45, 7) is 8.61. The molecule has 0 saturated heterocycles. The normalized spacial score (nSPS) is 5.95. The zero-order valence-corrected chi connectivity index (χ0v) is 13.3. The van der Waals surface area contributed by atoms with Crippen LogP contribution in [-0.4, -0.2) is 31.5 Å². The molecule has 9 heteroatoms. The number of carbonyl (C=O) groups is 5. The molecule has 0 saturated carbocycles. The Kier molecular flexibility index (Phi) is 78.4. The van der Waals surface area contributed by atoms with Crippen LogP contribution in [0.5, 0.6) is 0 Å². The Morgan fingerprint density at radius 1 is 0.650 bits per heavy atom. The third kappa shape index (κ3) is 202. The van der Waals surface area contributed by atoms with Gasteiger partial charge in [0.2, 0.25) is 0 Å². The third-order valence-electron chi connectivity index (χ3n) is 0.866. The molecule has 20 heavy (non-hydrogen) atoms. The van der Waals surface area contributed by atoms with Crippen LogP contribution in [0.25, 0.3) is 0 Å². The molecule has 0 radical (unpaired) electrons. The zero-order chi connectivity index (χ0) is 16.9. The molecule has 0 fully saturated rings. The van der Waals surface area contributed by atoms with E-state index in [1.807, 2.05) is 13.6 Å². The molecule has 0 aliphatic rings. The van der Waals surface area contributed by atoms with Gasteiger partial charge in [0, 0.05) is 17.9 Å². The van der Waals surface area contributed by atoms with Gasteiger partial charge in [-0.15, -0.1) is 0 Å². The van der Waals surface area contributed by atoms with Crippen LogP contribution in [0.2, 0.25) is 0 Å². The van der Waals surface area contributed by atoms with Gasteiger partial charge in [-0.2, -0.15) is 0 Å². The van der Waals surface area contributed by atoms with Gasteiger partial charge in [0.05, 0.1) is 0 Å². The van der Waals surface area contributed by atoms with Crippen LogP contribution in [0.1, 0.15) is 40.0 Å². The standard InChI is InChI=1S/3C3H6O2.2CH2O.Rh/c3*1-2-3(4)5;2*1-2;/h3*2H2,1H3,(H,4,5);2*1H2;/q;;;;;+3/p-3. The van der Waals surface area contributed by atoms with Gasteiger partial charge in [-0.25, -0.2) is 0 Å². The summed E-state index contributed by atoms with van der Waals surface area (Å²) >= 11 is 0. The quantitative estimate of drug-likeness (QED) is 0.470. The number of aliphatic carboxylic acids is 3. The molecule has 0 atom stereocenters. The Morgan fingerprint density at radius 3 is 0.700 bits per heavy atom. The number of hydrogen-bond acceptors (Lipinski definition) is 8. The molecule has 120 valence electrons. The number of hydrogen-bond donors (Lipinski definition) is 0. The van der Waals surface area contributed by atoms with E-state index in [-0.39, 0.29) is 38.7 Å². The van der Waals surface area contributed by atoms with Gasteiger partial charge >= 0.3 is 19.5 Å². The second-order valence-electron chi connectivity index (χ2n) is 2.18. The van der Waals surface area contributed by atoms with Crippen LogP contribution in [0.3, 0.4) is 0 Å². The van der Waals surface area contributed by atoms with E-state index < -0.39 is 17.9 Å². The van der Waals surface area contributed by atoms with E-state index in [4.69, 9.17) is 9.59 Å². The van der Waals surface area contributed by atoms with Crippen LogP contribution in [0, 0.1) is 0 Å². The van der Waals surface area contributed by atoms with Crippen molar-refractivity contribution in [1.29, 1.82) is 0 Å². The Hall–Kier alpha value is -1.63. The molecule has 0 aromatic rings. The predicted octanol–water partition coefficient (Wildman–Crippen LogP) is -2.93. The van der Waals surface area contributed by atoms with E-state index in [1.165, 1.54) is 20.8 Å². The van der Waals surface area contributed by atoms with Gasteiger partial charge < -0.3 is 39.3 Å². The Balaban J connectivity index is -0.0000000319. The average Bonchev–Trinajstić information content (AvgIpc) is 2.44. The molecule has 0 N–H and O–H groups in total. The van der Waals surface area contributed by atoms with Crippen molar-refractivity contribution < 1.29 is 58.8 Å². The minimum absolute atomic E-state index is 0. The summed E-state index contributed by atoms with van der Waals surface area (Å²) in [6.07, 6.45) is 0.333. The second-order valence-corrected chi connectivity index (χ2v) is 2.18. The Bertz CT molecular complexity index is 185. The van der Waals surface area contributed by atoms with Crippen LogP contribution in [0.15, 0.2) is 0 Å². The van der Waals surface area contributed by atoms with Crippen molar-refractivity contribution in [3.05, 3.63) is 0 Å². The molecule has 0 bridgehead atoms. The van der Waals surface area contributed by atoms with E-state index in [9.17, 15) is 29.7 Å². The summed E-state index contributed by atoms with van der Waals surface area (Å²) in [5.74, 6) is -2.99. The van der Waals surface area contributed by atoms with Crippen molar-refractivity contribution in [3.63, 3.8) is 0 Å². The van der Waals surface area contributed by atoms with Gasteiger partial charge in [0.1, 0.15) is 13.6 Å². The molecule has 0 rings (SSSR count). The predicted molar refractivity (Wildman–Crippen MR) is 60.1 cm³/mol. The summed E-state index contributed by atoms with van der Waals surface area (Å²) in [5, 5.41) is 27.8. The molecule has 0 aromatic carbocycles. The smallest absolute Gasteiger partial charge is 0.550 e. The Morgan fingerprint density at radius 2 is 0.700 bits per heavy atom. The SMILES string of the molecule is C=O.C=O.CCC(=O)[O-].CCC(=O)[O-].CCC(=O)[O-].[Rh+3]. The molecule has 0 amide bonds. The zero-order valence-electron chi connectivity index (χ0n) is 11.6. The van der Waals surface area contributed by atoms with Crippen molar-refractivity contribution in [3.8, 4) is 0 Å². The molecule has 8 nitrogen and oxygen atoms in total. The molecule has 0 aliphatic heterocycles. The van der Waals surface area contributed by atoms with E-state index in [2.05, 4.69) is 0 Å². The van der Waals surface area contributed by atoms with Crippen LogP contribution in [0.4, 0.5) is 0 Å². The van der Waals surface area contributed by atoms with Gasteiger partial charge in [0.25, 0.3) is 0 Å². The van der Waals surface area contributed by atoms with E-state index >= 15 is 0 Å². The molecular weight excluding hydrogens is 363 g/mol. The number of carboxylic acids is 3. The molecule has 0 aliphatic carbocycles. The first-order valence-corrected chi connectivity index (χ1v) is 4.98. The number of carboxylic acid groups (broad SMARTS) is 3. The molecule has 0 spiro atoms. The average molecular weight is 382 g/mol. The van der Waals surface area contributed by atoms with Crippen molar-refractivity contribution in [1.82, 2.24) is 0 Å². The summed E-state index contributed by atoms with van der Waals surface area (Å²) in [7, 11) is 0. The van der Waals surface area contributed by atoms with Crippen molar-refractivity contribution in [2.45, 2.75) is 40.0 Å². The maximum Gasteiger partial charge on any atom is 3.00 e. The monoisotopic (exact) mass is 382 g/mol. The third-order valence-corrected chi connectivity index (χ3v) is 0.866. The number of carbonyl (C=O) groups excluding carboxylic acids is 5. The number of rotatable bonds is 3. The molecule has 0 aromatic heterocycles. The van der Waals surface area contributed by atoms with Gasteiger partial charge in [-0.05, 0) is 19.3 Å². The van der Waals surface area contributed by atoms with E-state index in [1.54, 1.807) is 0 Å². The van der Waals surface area contributed by atoms with Crippen LogP contribution >= 0.6 is 0 Å².